The summed E-state index contributed by atoms with van der Waals surface area (Å²) >= 11 is 3.43. The van der Waals surface area contributed by atoms with Crippen molar-refractivity contribution in [3.05, 3.63) is 33.8 Å². The molecule has 0 aliphatic rings. The lowest BCUT2D eigenvalue weighted by Gasteiger charge is -2.15. The zero-order valence-electron chi connectivity index (χ0n) is 10.9. The van der Waals surface area contributed by atoms with Gasteiger partial charge in [0.2, 0.25) is 0 Å². The molecule has 1 unspecified atom stereocenters. The lowest BCUT2D eigenvalue weighted by atomic mass is 10.1. The van der Waals surface area contributed by atoms with Crippen LogP contribution in [-0.4, -0.2) is 24.7 Å². The molecule has 6 heteroatoms. The third-order valence-corrected chi connectivity index (χ3v) is 3.56. The number of aromatic nitrogens is 4. The number of hydrogen-bond acceptors (Lipinski definition) is 3. The van der Waals surface area contributed by atoms with Gasteiger partial charge in [-0.05, 0) is 42.8 Å². The zero-order chi connectivity index (χ0) is 13.4. The molecule has 1 atom stereocenters. The third-order valence-electron chi connectivity index (χ3n) is 2.95. The van der Waals surface area contributed by atoms with E-state index in [0.29, 0.717) is 5.69 Å². The predicted octanol–water partition coefficient (Wildman–Crippen LogP) is 2.35. The van der Waals surface area contributed by atoms with Crippen LogP contribution in [0, 0.1) is 6.92 Å². The highest BCUT2D eigenvalue weighted by atomic mass is 79.9. The molecule has 2 aromatic rings. The molecule has 1 N–H and O–H groups in total. The van der Waals surface area contributed by atoms with E-state index in [-0.39, 0.29) is 6.04 Å². The Labute approximate surface area is 115 Å². The monoisotopic (exact) mass is 312 g/mol. The summed E-state index contributed by atoms with van der Waals surface area (Å²) in [5.74, 6) is 0. The van der Waals surface area contributed by atoms with Crippen LogP contribution in [0.25, 0.3) is 0 Å². The summed E-state index contributed by atoms with van der Waals surface area (Å²) in [5.41, 5.74) is 2.39. The van der Waals surface area contributed by atoms with Gasteiger partial charge in [-0.3, -0.25) is 9.36 Å². The molecule has 2 aromatic heterocycles. The summed E-state index contributed by atoms with van der Waals surface area (Å²) < 4.78 is 4.36. The van der Waals surface area contributed by atoms with Gasteiger partial charge in [0.15, 0.2) is 0 Å². The second kappa shape index (κ2) is 4.85. The molecule has 0 bridgehead atoms. The van der Waals surface area contributed by atoms with E-state index < -0.39 is 6.10 Å². The fourth-order valence-electron chi connectivity index (χ4n) is 1.88. The third kappa shape index (κ3) is 2.22. The van der Waals surface area contributed by atoms with Crippen molar-refractivity contribution in [2.75, 3.05) is 0 Å². The van der Waals surface area contributed by atoms with Gasteiger partial charge in [0.25, 0.3) is 0 Å². The van der Waals surface area contributed by atoms with Gasteiger partial charge in [-0.1, -0.05) is 0 Å². The number of rotatable bonds is 3. The van der Waals surface area contributed by atoms with Crippen LogP contribution in [0.2, 0.25) is 0 Å². The van der Waals surface area contributed by atoms with Gasteiger partial charge in [0.05, 0.1) is 22.1 Å². The summed E-state index contributed by atoms with van der Waals surface area (Å²) in [6.45, 7) is 6.01. The molecule has 0 fully saturated rings. The maximum atomic E-state index is 10.5. The van der Waals surface area contributed by atoms with Crippen molar-refractivity contribution < 1.29 is 5.11 Å². The topological polar surface area (TPSA) is 55.9 Å². The van der Waals surface area contributed by atoms with Gasteiger partial charge in [-0.2, -0.15) is 10.2 Å². The van der Waals surface area contributed by atoms with Crippen LogP contribution in [0.1, 0.15) is 43.1 Å². The van der Waals surface area contributed by atoms with Crippen molar-refractivity contribution in [3.8, 4) is 0 Å². The molecule has 0 saturated carbocycles. The van der Waals surface area contributed by atoms with E-state index in [9.17, 15) is 5.11 Å². The molecule has 0 aromatic carbocycles. The second-order valence-electron chi connectivity index (χ2n) is 4.65. The van der Waals surface area contributed by atoms with E-state index in [1.54, 1.807) is 15.6 Å². The summed E-state index contributed by atoms with van der Waals surface area (Å²) in [5, 5.41) is 19.0. The van der Waals surface area contributed by atoms with Crippen molar-refractivity contribution >= 4 is 15.9 Å². The van der Waals surface area contributed by atoms with Crippen molar-refractivity contribution in [1.82, 2.24) is 19.6 Å². The van der Waals surface area contributed by atoms with Gasteiger partial charge in [-0.25, -0.2) is 0 Å². The van der Waals surface area contributed by atoms with Crippen LogP contribution >= 0.6 is 15.9 Å². The van der Waals surface area contributed by atoms with Crippen molar-refractivity contribution in [1.29, 1.82) is 0 Å². The van der Waals surface area contributed by atoms with Gasteiger partial charge in [-0.15, -0.1) is 0 Å². The molecule has 0 radical (unpaired) electrons. The van der Waals surface area contributed by atoms with Crippen LogP contribution < -0.4 is 0 Å². The molecular weight excluding hydrogens is 296 g/mol. The molecular formula is C12H17BrN4O. The summed E-state index contributed by atoms with van der Waals surface area (Å²) in [7, 11) is 1.86. The van der Waals surface area contributed by atoms with Gasteiger partial charge >= 0.3 is 0 Å². The van der Waals surface area contributed by atoms with Crippen LogP contribution in [-0.2, 0) is 7.05 Å². The number of aryl methyl sites for hydroxylation is 2. The maximum Gasteiger partial charge on any atom is 0.140 e. The number of aliphatic hydroxyl groups excluding tert-OH is 1. The number of hydrogen-bond donors (Lipinski definition) is 1. The minimum Gasteiger partial charge on any atom is -0.380 e. The highest BCUT2D eigenvalue weighted by Gasteiger charge is 2.23. The first-order chi connectivity index (χ1) is 8.41. The number of aliphatic hydroxyl groups is 1. The Morgan fingerprint density at radius 1 is 1.39 bits per heavy atom. The molecule has 2 heterocycles. The minimum atomic E-state index is -0.774. The van der Waals surface area contributed by atoms with Crippen molar-refractivity contribution in [3.63, 3.8) is 0 Å². The SMILES string of the molecule is Cc1cc(C(O)c2c(Br)cnn2C(C)C)nn1C. The average molecular weight is 313 g/mol. The Balaban J connectivity index is 2.45. The quantitative estimate of drug-likeness (QED) is 0.946. The number of halogens is 1. The Morgan fingerprint density at radius 2 is 2.06 bits per heavy atom. The summed E-state index contributed by atoms with van der Waals surface area (Å²) in [6.07, 6.45) is 0.929. The Hall–Kier alpha value is -1.14. The van der Waals surface area contributed by atoms with Crippen LogP contribution in [0.5, 0.6) is 0 Å². The van der Waals surface area contributed by atoms with Crippen molar-refractivity contribution in [2.24, 2.45) is 7.05 Å². The molecule has 98 valence electrons. The minimum absolute atomic E-state index is 0.186. The first-order valence-corrected chi connectivity index (χ1v) is 6.62. The smallest absolute Gasteiger partial charge is 0.140 e. The molecule has 0 spiro atoms. The average Bonchev–Trinajstić information content (AvgIpc) is 2.83. The van der Waals surface area contributed by atoms with E-state index in [1.165, 1.54) is 0 Å². The molecule has 0 aliphatic heterocycles. The van der Waals surface area contributed by atoms with E-state index >= 15 is 0 Å². The highest BCUT2D eigenvalue weighted by Crippen LogP contribution is 2.29. The van der Waals surface area contributed by atoms with E-state index in [0.717, 1.165) is 15.9 Å². The first kappa shape index (κ1) is 13.3. The molecule has 18 heavy (non-hydrogen) atoms. The van der Waals surface area contributed by atoms with Crippen LogP contribution in [0.15, 0.2) is 16.7 Å². The van der Waals surface area contributed by atoms with E-state index in [4.69, 9.17) is 0 Å². The fourth-order valence-corrected chi connectivity index (χ4v) is 2.37. The van der Waals surface area contributed by atoms with Gasteiger partial charge in [0, 0.05) is 18.8 Å². The molecule has 0 saturated heterocycles. The van der Waals surface area contributed by atoms with Gasteiger partial charge < -0.3 is 5.11 Å². The highest BCUT2D eigenvalue weighted by molar-refractivity contribution is 9.10. The lowest BCUT2D eigenvalue weighted by molar-refractivity contribution is 0.198. The Morgan fingerprint density at radius 3 is 2.56 bits per heavy atom. The molecule has 0 aliphatic carbocycles. The predicted molar refractivity (Wildman–Crippen MR) is 72.3 cm³/mol. The molecule has 0 amide bonds. The van der Waals surface area contributed by atoms with E-state index in [1.807, 2.05) is 33.9 Å². The van der Waals surface area contributed by atoms with E-state index in [2.05, 4.69) is 26.1 Å². The standard InChI is InChI=1S/C12H17BrN4O/c1-7(2)17-11(9(13)6-14-17)12(18)10-5-8(3)16(4)15-10/h5-7,12,18H,1-4H3. The fraction of sp³-hybridized carbons (Fsp3) is 0.500. The first-order valence-electron chi connectivity index (χ1n) is 5.83. The summed E-state index contributed by atoms with van der Waals surface area (Å²) in [6, 6.07) is 2.07. The second-order valence-corrected chi connectivity index (χ2v) is 5.51. The normalized spacial score (nSPS) is 13.3. The zero-order valence-corrected chi connectivity index (χ0v) is 12.5. The number of nitrogens with zero attached hydrogens (tertiary/aromatic N) is 4. The Kier molecular flexibility index (Phi) is 3.59. The van der Waals surface area contributed by atoms with Crippen LogP contribution in [0.3, 0.4) is 0 Å². The summed E-state index contributed by atoms with van der Waals surface area (Å²) in [4.78, 5) is 0. The van der Waals surface area contributed by atoms with Crippen LogP contribution in [0.4, 0.5) is 0 Å². The maximum absolute atomic E-state index is 10.5. The molecule has 2 rings (SSSR count). The largest absolute Gasteiger partial charge is 0.380 e. The van der Waals surface area contributed by atoms with Gasteiger partial charge in [0.1, 0.15) is 6.10 Å². The van der Waals surface area contributed by atoms with Crippen molar-refractivity contribution in [2.45, 2.75) is 32.9 Å². The lowest BCUT2D eigenvalue weighted by Crippen LogP contribution is -2.13. The Bertz CT molecular complexity index is 539. The molecule has 5 nitrogen and oxygen atoms in total.